The van der Waals surface area contributed by atoms with Crippen LogP contribution in [0.3, 0.4) is 0 Å². The Morgan fingerprint density at radius 3 is 1.79 bits per heavy atom. The van der Waals surface area contributed by atoms with Crippen LogP contribution >= 0.6 is 0 Å². The second-order valence-electron chi connectivity index (χ2n) is 3.59. The Bertz CT molecular complexity index is 66.7. The van der Waals surface area contributed by atoms with Gasteiger partial charge in [-0.1, -0.05) is 46.0 Å². The molecule has 0 aromatic carbocycles. The van der Waals surface area contributed by atoms with Gasteiger partial charge in [-0.3, -0.25) is 0 Å². The molecule has 0 aliphatic rings. The highest BCUT2D eigenvalue weighted by Gasteiger charge is 1.87. The Morgan fingerprint density at radius 1 is 0.857 bits per heavy atom. The summed E-state index contributed by atoms with van der Waals surface area (Å²) in [4.78, 5) is 0. The molecule has 0 aliphatic heterocycles. The second kappa shape index (κ2) is 18.7. The number of unbranched alkanes of at least 4 members (excludes halogenated alkanes) is 5. The van der Waals surface area contributed by atoms with Gasteiger partial charge in [-0.05, 0) is 26.4 Å². The molecular weight excluding hydrogens is 174 g/mol. The number of aliphatic hydroxyl groups is 1. The molecule has 0 radical (unpaired) electrons. The van der Waals surface area contributed by atoms with Crippen molar-refractivity contribution in [2.45, 2.75) is 58.8 Å². The maximum atomic E-state index is 7.88. The maximum Gasteiger partial charge on any atom is 0.0428 e. The fourth-order valence-corrected chi connectivity index (χ4v) is 1.08. The molecular formula is C12H29NO. The molecule has 2 nitrogen and oxygen atoms in total. The van der Waals surface area contributed by atoms with Gasteiger partial charge in [0.2, 0.25) is 0 Å². The molecule has 0 heterocycles. The zero-order chi connectivity index (χ0) is 11.1. The fraction of sp³-hybridized carbons (Fsp3) is 1.00. The van der Waals surface area contributed by atoms with Crippen LogP contribution < -0.4 is 5.32 Å². The topological polar surface area (TPSA) is 32.3 Å². The van der Waals surface area contributed by atoms with Crippen LogP contribution in [0.4, 0.5) is 0 Å². The molecule has 0 aliphatic carbocycles. The largest absolute Gasteiger partial charge is 0.396 e. The van der Waals surface area contributed by atoms with Gasteiger partial charge in [0, 0.05) is 6.61 Å². The standard InChI is InChI=1S/C9H21N.C3H8O/c1-3-4-5-6-7-8-9-10-2;1-2-3-4/h10H,3-9H2,1-2H3;4H,2-3H2,1H3. The van der Waals surface area contributed by atoms with Crippen LogP contribution in [0.1, 0.15) is 58.8 Å². The number of aliphatic hydroxyl groups excluding tert-OH is 1. The summed E-state index contributed by atoms with van der Waals surface area (Å²) in [5.74, 6) is 0. The van der Waals surface area contributed by atoms with E-state index in [1.54, 1.807) is 0 Å². The van der Waals surface area contributed by atoms with Crippen molar-refractivity contribution in [3.05, 3.63) is 0 Å². The lowest BCUT2D eigenvalue weighted by Gasteiger charge is -1.98. The van der Waals surface area contributed by atoms with Crippen molar-refractivity contribution in [2.24, 2.45) is 0 Å². The van der Waals surface area contributed by atoms with E-state index in [0.29, 0.717) is 6.61 Å². The quantitative estimate of drug-likeness (QED) is 0.594. The van der Waals surface area contributed by atoms with E-state index >= 15 is 0 Å². The van der Waals surface area contributed by atoms with Crippen molar-refractivity contribution in [3.8, 4) is 0 Å². The van der Waals surface area contributed by atoms with E-state index in [9.17, 15) is 0 Å². The Morgan fingerprint density at radius 2 is 1.36 bits per heavy atom. The van der Waals surface area contributed by atoms with Crippen molar-refractivity contribution in [1.29, 1.82) is 0 Å². The minimum absolute atomic E-state index is 0.319. The Hall–Kier alpha value is -0.0800. The first kappa shape index (κ1) is 16.4. The Labute approximate surface area is 90.1 Å². The summed E-state index contributed by atoms with van der Waals surface area (Å²) in [6, 6.07) is 0. The van der Waals surface area contributed by atoms with Crippen LogP contribution in [0.5, 0.6) is 0 Å². The summed E-state index contributed by atoms with van der Waals surface area (Å²) >= 11 is 0. The summed E-state index contributed by atoms with van der Waals surface area (Å²) in [5.41, 5.74) is 0. The molecule has 0 aromatic heterocycles. The van der Waals surface area contributed by atoms with Gasteiger partial charge in [-0.15, -0.1) is 0 Å². The van der Waals surface area contributed by atoms with Crippen LogP contribution in [0.25, 0.3) is 0 Å². The molecule has 88 valence electrons. The van der Waals surface area contributed by atoms with Crippen LogP contribution in [-0.4, -0.2) is 25.3 Å². The summed E-state index contributed by atoms with van der Waals surface area (Å²) in [5, 5.41) is 11.0. The lowest BCUT2D eigenvalue weighted by molar-refractivity contribution is 0.295. The van der Waals surface area contributed by atoms with Crippen molar-refractivity contribution in [3.63, 3.8) is 0 Å². The molecule has 0 saturated carbocycles. The number of hydrogen-bond acceptors (Lipinski definition) is 2. The van der Waals surface area contributed by atoms with Gasteiger partial charge in [0.1, 0.15) is 0 Å². The number of hydrogen-bond donors (Lipinski definition) is 2. The van der Waals surface area contributed by atoms with Crippen molar-refractivity contribution in [1.82, 2.24) is 5.32 Å². The second-order valence-corrected chi connectivity index (χ2v) is 3.59. The summed E-state index contributed by atoms with van der Waals surface area (Å²) in [7, 11) is 2.02. The normalized spacial score (nSPS) is 9.43. The molecule has 0 spiro atoms. The average Bonchev–Trinajstić information content (AvgIpc) is 2.24. The highest BCUT2D eigenvalue weighted by atomic mass is 16.2. The first-order valence-electron chi connectivity index (χ1n) is 6.08. The molecule has 0 fully saturated rings. The molecule has 0 aromatic rings. The minimum atomic E-state index is 0.319. The van der Waals surface area contributed by atoms with E-state index in [1.807, 2.05) is 14.0 Å². The van der Waals surface area contributed by atoms with E-state index < -0.39 is 0 Å². The van der Waals surface area contributed by atoms with Crippen molar-refractivity contribution < 1.29 is 5.11 Å². The van der Waals surface area contributed by atoms with Crippen molar-refractivity contribution >= 4 is 0 Å². The highest BCUT2D eigenvalue weighted by Crippen LogP contribution is 2.03. The zero-order valence-electron chi connectivity index (χ0n) is 10.3. The molecule has 0 rings (SSSR count). The fourth-order valence-electron chi connectivity index (χ4n) is 1.08. The summed E-state index contributed by atoms with van der Waals surface area (Å²) in [6.07, 6.45) is 9.25. The van der Waals surface area contributed by atoms with Crippen LogP contribution in [0.2, 0.25) is 0 Å². The predicted octanol–water partition coefficient (Wildman–Crippen LogP) is 2.96. The van der Waals surface area contributed by atoms with E-state index in [2.05, 4.69) is 12.2 Å². The van der Waals surface area contributed by atoms with E-state index in [4.69, 9.17) is 5.11 Å². The third-order valence-electron chi connectivity index (χ3n) is 2.00. The first-order valence-corrected chi connectivity index (χ1v) is 6.08. The SMILES string of the molecule is CCCCCCCCNC.CCCO. The van der Waals surface area contributed by atoms with Gasteiger partial charge in [-0.25, -0.2) is 0 Å². The van der Waals surface area contributed by atoms with E-state index in [-0.39, 0.29) is 0 Å². The third kappa shape index (κ3) is 22.7. The molecule has 2 heteroatoms. The average molecular weight is 203 g/mol. The molecule has 14 heavy (non-hydrogen) atoms. The predicted molar refractivity (Wildman–Crippen MR) is 64.7 cm³/mol. The molecule has 0 bridgehead atoms. The molecule has 0 atom stereocenters. The van der Waals surface area contributed by atoms with Crippen LogP contribution in [-0.2, 0) is 0 Å². The van der Waals surface area contributed by atoms with Crippen LogP contribution in [0, 0.1) is 0 Å². The summed E-state index contributed by atoms with van der Waals surface area (Å²) < 4.78 is 0. The van der Waals surface area contributed by atoms with Gasteiger partial charge in [0.15, 0.2) is 0 Å². The van der Waals surface area contributed by atoms with E-state index in [0.717, 1.165) is 6.42 Å². The number of nitrogens with one attached hydrogen (secondary N) is 1. The van der Waals surface area contributed by atoms with Gasteiger partial charge < -0.3 is 10.4 Å². The van der Waals surface area contributed by atoms with Gasteiger partial charge in [-0.2, -0.15) is 0 Å². The smallest absolute Gasteiger partial charge is 0.0428 e. The Balaban J connectivity index is 0. The molecule has 0 amide bonds. The van der Waals surface area contributed by atoms with Gasteiger partial charge >= 0.3 is 0 Å². The zero-order valence-corrected chi connectivity index (χ0v) is 10.3. The molecule has 0 unspecified atom stereocenters. The monoisotopic (exact) mass is 203 g/mol. The third-order valence-corrected chi connectivity index (χ3v) is 2.00. The lowest BCUT2D eigenvalue weighted by Crippen LogP contribution is -2.06. The van der Waals surface area contributed by atoms with Crippen molar-refractivity contribution in [2.75, 3.05) is 20.2 Å². The van der Waals surface area contributed by atoms with Crippen LogP contribution in [0.15, 0.2) is 0 Å². The number of rotatable bonds is 8. The van der Waals surface area contributed by atoms with E-state index in [1.165, 1.54) is 45.1 Å². The van der Waals surface area contributed by atoms with Gasteiger partial charge in [0.25, 0.3) is 0 Å². The highest BCUT2D eigenvalue weighted by molar-refractivity contribution is 4.45. The van der Waals surface area contributed by atoms with Gasteiger partial charge in [0.05, 0.1) is 0 Å². The molecule has 2 N–H and O–H groups in total. The lowest BCUT2D eigenvalue weighted by atomic mass is 10.1. The maximum absolute atomic E-state index is 7.88. The molecule has 0 saturated heterocycles. The Kier molecular flexibility index (Phi) is 21.8. The first-order chi connectivity index (χ1) is 6.83. The summed E-state index contributed by atoms with van der Waals surface area (Å²) in [6.45, 7) is 5.69. The minimum Gasteiger partial charge on any atom is -0.396 e.